The van der Waals surface area contributed by atoms with Crippen LogP contribution in [-0.4, -0.2) is 55.8 Å². The van der Waals surface area contributed by atoms with E-state index < -0.39 is 10.0 Å². The molecule has 0 spiro atoms. The Balaban J connectivity index is 1.56. The second kappa shape index (κ2) is 8.97. The number of hydrogen-bond acceptors (Lipinski definition) is 4. The Morgan fingerprint density at radius 2 is 1.48 bits per heavy atom. The zero-order valence-electron chi connectivity index (χ0n) is 17.2. The molecule has 29 heavy (non-hydrogen) atoms. The van der Waals surface area contributed by atoms with E-state index in [9.17, 15) is 13.2 Å². The number of nitrogens with zero attached hydrogens (tertiary/aromatic N) is 2. The summed E-state index contributed by atoms with van der Waals surface area (Å²) in [4.78, 5) is 14.8. The molecule has 0 saturated carbocycles. The van der Waals surface area contributed by atoms with Crippen LogP contribution in [0.25, 0.3) is 0 Å². The van der Waals surface area contributed by atoms with E-state index in [1.54, 1.807) is 35.2 Å². The van der Waals surface area contributed by atoms with Gasteiger partial charge in [-0.2, -0.15) is 4.31 Å². The molecule has 0 radical (unpaired) electrons. The highest BCUT2D eigenvalue weighted by Crippen LogP contribution is 2.20. The summed E-state index contributed by atoms with van der Waals surface area (Å²) in [5.41, 5.74) is 2.16. The molecule has 1 aliphatic rings. The Hall–Kier alpha value is -2.38. The van der Waals surface area contributed by atoms with Crippen LogP contribution in [0.3, 0.4) is 0 Å². The van der Waals surface area contributed by atoms with Crippen molar-refractivity contribution in [1.82, 2.24) is 9.21 Å². The van der Waals surface area contributed by atoms with Crippen LogP contribution in [0.2, 0.25) is 0 Å². The molecule has 1 N–H and O–H groups in total. The number of nitrogens with one attached hydrogen (secondary N) is 1. The third-order valence-corrected chi connectivity index (χ3v) is 7.18. The second-order valence-electron chi connectivity index (χ2n) is 7.69. The lowest BCUT2D eigenvalue weighted by Gasteiger charge is -2.35. The van der Waals surface area contributed by atoms with Gasteiger partial charge in [-0.1, -0.05) is 44.2 Å². The Bertz CT molecular complexity index is 920. The van der Waals surface area contributed by atoms with Gasteiger partial charge in [-0.15, -0.1) is 0 Å². The predicted octanol–water partition coefficient (Wildman–Crippen LogP) is 3.14. The molecule has 1 amide bonds. The van der Waals surface area contributed by atoms with Crippen molar-refractivity contribution in [2.75, 3.05) is 31.5 Å². The summed E-state index contributed by atoms with van der Waals surface area (Å²) in [7, 11) is -3.51. The third-order valence-electron chi connectivity index (χ3n) is 5.26. The number of benzene rings is 2. The van der Waals surface area contributed by atoms with Crippen LogP contribution in [0.15, 0.2) is 59.5 Å². The van der Waals surface area contributed by atoms with Gasteiger partial charge in [-0.3, -0.25) is 4.79 Å². The maximum Gasteiger partial charge on any atom is 0.244 e. The van der Waals surface area contributed by atoms with E-state index in [2.05, 4.69) is 31.3 Å². The summed E-state index contributed by atoms with van der Waals surface area (Å²) in [6.45, 7) is 7.52. The summed E-state index contributed by atoms with van der Waals surface area (Å²) < 4.78 is 26.9. The summed E-state index contributed by atoms with van der Waals surface area (Å²) in [5.74, 6) is 0.446. The van der Waals surface area contributed by atoms with Crippen molar-refractivity contribution in [3.8, 4) is 0 Å². The first-order valence-electron chi connectivity index (χ1n) is 9.99. The van der Waals surface area contributed by atoms with Crippen LogP contribution in [0, 0.1) is 0 Å². The zero-order valence-corrected chi connectivity index (χ0v) is 18.0. The van der Waals surface area contributed by atoms with E-state index in [0.717, 1.165) is 5.69 Å². The monoisotopic (exact) mass is 415 g/mol. The Morgan fingerprint density at radius 3 is 2.03 bits per heavy atom. The molecule has 1 saturated heterocycles. The van der Waals surface area contributed by atoms with Gasteiger partial charge in [0.15, 0.2) is 0 Å². The Kier molecular flexibility index (Phi) is 6.59. The van der Waals surface area contributed by atoms with Crippen molar-refractivity contribution in [3.63, 3.8) is 0 Å². The van der Waals surface area contributed by atoms with Crippen molar-refractivity contribution < 1.29 is 13.2 Å². The second-order valence-corrected chi connectivity index (χ2v) is 9.62. The number of hydrogen-bond donors (Lipinski definition) is 1. The number of anilines is 1. The number of sulfonamides is 1. The van der Waals surface area contributed by atoms with Gasteiger partial charge in [0.2, 0.25) is 15.9 Å². The molecular formula is C22H29N3O3S. The molecule has 2 aromatic rings. The maximum absolute atomic E-state index is 12.8. The average Bonchev–Trinajstić information content (AvgIpc) is 2.74. The van der Waals surface area contributed by atoms with Crippen LogP contribution in [-0.2, 0) is 14.8 Å². The summed E-state index contributed by atoms with van der Waals surface area (Å²) >= 11 is 0. The van der Waals surface area contributed by atoms with E-state index in [-0.39, 0.29) is 11.9 Å². The molecule has 0 aliphatic carbocycles. The molecule has 3 rings (SSSR count). The minimum Gasteiger partial charge on any atom is -0.374 e. The molecule has 1 fully saturated rings. The van der Waals surface area contributed by atoms with Crippen LogP contribution >= 0.6 is 0 Å². The fraction of sp³-hybridized carbons (Fsp3) is 0.409. The largest absolute Gasteiger partial charge is 0.374 e. The molecule has 1 heterocycles. The molecular weight excluding hydrogens is 386 g/mol. The van der Waals surface area contributed by atoms with Crippen molar-refractivity contribution in [2.45, 2.75) is 37.6 Å². The smallest absolute Gasteiger partial charge is 0.244 e. The minimum absolute atomic E-state index is 0.0188. The van der Waals surface area contributed by atoms with Gasteiger partial charge in [0, 0.05) is 31.9 Å². The van der Waals surface area contributed by atoms with Crippen molar-refractivity contribution in [2.24, 2.45) is 0 Å². The number of piperazine rings is 1. The molecule has 7 heteroatoms. The number of amides is 1. The van der Waals surface area contributed by atoms with E-state index in [0.29, 0.717) is 37.0 Å². The first-order chi connectivity index (χ1) is 13.8. The van der Waals surface area contributed by atoms with Gasteiger partial charge < -0.3 is 10.2 Å². The van der Waals surface area contributed by atoms with Crippen molar-refractivity contribution in [1.29, 1.82) is 0 Å². The zero-order chi connectivity index (χ0) is 21.0. The molecule has 0 bridgehead atoms. The molecule has 1 aliphatic heterocycles. The van der Waals surface area contributed by atoms with Crippen molar-refractivity contribution >= 4 is 21.6 Å². The van der Waals surface area contributed by atoms with Gasteiger partial charge in [0.25, 0.3) is 0 Å². The number of carbonyl (C=O) groups excluding carboxylic acids is 1. The lowest BCUT2D eigenvalue weighted by Crippen LogP contribution is -2.53. The van der Waals surface area contributed by atoms with Crippen LogP contribution in [0.5, 0.6) is 0 Å². The molecule has 2 aromatic carbocycles. The quantitative estimate of drug-likeness (QED) is 0.787. The average molecular weight is 416 g/mol. The highest BCUT2D eigenvalue weighted by Gasteiger charge is 2.31. The molecule has 0 unspecified atom stereocenters. The van der Waals surface area contributed by atoms with E-state index in [1.165, 1.54) is 9.87 Å². The SMILES string of the molecule is CC(C)c1ccc(N[C@@H](C)C(=O)N2CCN(S(=O)(=O)c3ccccc3)CC2)cc1. The highest BCUT2D eigenvalue weighted by atomic mass is 32.2. The highest BCUT2D eigenvalue weighted by molar-refractivity contribution is 7.89. The van der Waals surface area contributed by atoms with E-state index in [4.69, 9.17) is 0 Å². The normalized spacial score (nSPS) is 16.6. The summed E-state index contributed by atoms with van der Waals surface area (Å²) in [6.07, 6.45) is 0. The Labute approximate surface area is 173 Å². The van der Waals surface area contributed by atoms with Gasteiger partial charge in [0.1, 0.15) is 6.04 Å². The minimum atomic E-state index is -3.51. The number of rotatable bonds is 6. The van der Waals surface area contributed by atoms with Gasteiger partial charge in [-0.25, -0.2) is 8.42 Å². The summed E-state index contributed by atoms with van der Waals surface area (Å²) in [5, 5.41) is 3.25. The van der Waals surface area contributed by atoms with E-state index >= 15 is 0 Å². The fourth-order valence-electron chi connectivity index (χ4n) is 3.44. The molecule has 156 valence electrons. The molecule has 0 aromatic heterocycles. The summed E-state index contributed by atoms with van der Waals surface area (Å²) in [6, 6.07) is 16.2. The lowest BCUT2D eigenvalue weighted by molar-refractivity contribution is -0.132. The van der Waals surface area contributed by atoms with Gasteiger partial charge in [-0.05, 0) is 42.7 Å². The first kappa shape index (κ1) is 21.3. The van der Waals surface area contributed by atoms with Crippen LogP contribution in [0.1, 0.15) is 32.3 Å². The van der Waals surface area contributed by atoms with Crippen LogP contribution in [0.4, 0.5) is 5.69 Å². The lowest BCUT2D eigenvalue weighted by atomic mass is 10.0. The third kappa shape index (κ3) is 4.97. The van der Waals surface area contributed by atoms with Gasteiger partial charge in [0.05, 0.1) is 4.90 Å². The number of carbonyl (C=O) groups is 1. The fourth-order valence-corrected chi connectivity index (χ4v) is 4.88. The first-order valence-corrected chi connectivity index (χ1v) is 11.4. The Morgan fingerprint density at radius 1 is 0.897 bits per heavy atom. The van der Waals surface area contributed by atoms with Gasteiger partial charge >= 0.3 is 0 Å². The standard InChI is InChI=1S/C22H29N3O3S/c1-17(2)19-9-11-20(12-10-19)23-18(3)22(26)24-13-15-25(16-14-24)29(27,28)21-7-5-4-6-8-21/h4-12,17-18,23H,13-16H2,1-3H3/t18-/m0/s1. The van der Waals surface area contributed by atoms with E-state index in [1.807, 2.05) is 19.1 Å². The van der Waals surface area contributed by atoms with Crippen molar-refractivity contribution in [3.05, 3.63) is 60.2 Å². The van der Waals surface area contributed by atoms with Crippen LogP contribution < -0.4 is 5.32 Å². The molecule has 1 atom stereocenters. The predicted molar refractivity (Wildman–Crippen MR) is 115 cm³/mol. The molecule has 6 nitrogen and oxygen atoms in total. The topological polar surface area (TPSA) is 69.7 Å². The maximum atomic E-state index is 12.8.